The summed E-state index contributed by atoms with van der Waals surface area (Å²) in [5.74, 6) is -0.728. The number of hydrogen-bond acceptors (Lipinski definition) is 4. The summed E-state index contributed by atoms with van der Waals surface area (Å²) in [6.45, 7) is 3.05. The minimum atomic E-state index is -1.14. The number of anilines is 1. The average molecular weight is 251 g/mol. The van der Waals surface area contributed by atoms with Crippen LogP contribution < -0.4 is 21.5 Å². The normalized spacial score (nSPS) is 10.8. The third-order valence-corrected chi connectivity index (χ3v) is 2.51. The molecule has 0 aliphatic carbocycles. The third-order valence-electron chi connectivity index (χ3n) is 2.51. The number of methoxy groups -OCH3 is 1. The van der Waals surface area contributed by atoms with Gasteiger partial charge in [-0.2, -0.15) is 0 Å². The highest BCUT2D eigenvalue weighted by Crippen LogP contribution is 2.21. The first-order valence-corrected chi connectivity index (χ1v) is 5.34. The molecular weight excluding hydrogens is 234 g/mol. The number of benzene rings is 1. The van der Waals surface area contributed by atoms with Gasteiger partial charge in [-0.15, -0.1) is 0 Å². The van der Waals surface area contributed by atoms with Crippen LogP contribution in [-0.4, -0.2) is 24.5 Å². The molecule has 0 aliphatic rings. The molecule has 0 aliphatic heterocycles. The monoisotopic (exact) mass is 251 g/mol. The Balaban J connectivity index is 3.01. The predicted octanol–water partition coefficient (Wildman–Crippen LogP) is 0.271. The molecule has 6 heteroatoms. The molecular formula is C12H17N3O3. The number of amides is 2. The lowest BCUT2D eigenvalue weighted by Gasteiger charge is -2.22. The molecule has 0 fully saturated rings. The first kappa shape index (κ1) is 13.8. The highest BCUT2D eigenvalue weighted by Gasteiger charge is 2.28. The Bertz CT molecular complexity index is 483. The summed E-state index contributed by atoms with van der Waals surface area (Å²) >= 11 is 0. The van der Waals surface area contributed by atoms with Gasteiger partial charge in [0.2, 0.25) is 5.91 Å². The first-order chi connectivity index (χ1) is 8.27. The van der Waals surface area contributed by atoms with Crippen molar-refractivity contribution in [3.63, 3.8) is 0 Å². The summed E-state index contributed by atoms with van der Waals surface area (Å²) in [6, 6.07) is 4.64. The van der Waals surface area contributed by atoms with Crippen molar-refractivity contribution in [2.45, 2.75) is 19.4 Å². The molecule has 0 unspecified atom stereocenters. The number of carbonyl (C=O) groups is 2. The van der Waals surface area contributed by atoms with E-state index in [9.17, 15) is 9.59 Å². The number of hydrogen-bond donors (Lipinski definition) is 3. The summed E-state index contributed by atoms with van der Waals surface area (Å²) < 4.78 is 5.07. The van der Waals surface area contributed by atoms with E-state index in [2.05, 4.69) is 5.32 Å². The Morgan fingerprint density at radius 1 is 1.33 bits per heavy atom. The number of primary amides is 1. The fourth-order valence-corrected chi connectivity index (χ4v) is 1.31. The minimum Gasteiger partial charge on any atom is -0.496 e. The second-order valence-corrected chi connectivity index (χ2v) is 4.40. The van der Waals surface area contributed by atoms with Crippen molar-refractivity contribution in [3.8, 4) is 5.75 Å². The Kier molecular flexibility index (Phi) is 3.80. The molecule has 1 aromatic rings. The zero-order chi connectivity index (χ0) is 13.9. The number of carbonyl (C=O) groups excluding carboxylic acids is 2. The molecule has 98 valence electrons. The maximum Gasteiger partial charge on any atom is 0.255 e. The van der Waals surface area contributed by atoms with Crippen LogP contribution in [0, 0.1) is 0 Å². The quantitative estimate of drug-likeness (QED) is 0.667. The van der Waals surface area contributed by atoms with E-state index >= 15 is 0 Å². The van der Waals surface area contributed by atoms with E-state index in [1.54, 1.807) is 6.07 Å². The van der Waals surface area contributed by atoms with Gasteiger partial charge in [-0.25, -0.2) is 0 Å². The van der Waals surface area contributed by atoms with Gasteiger partial charge in [0.05, 0.1) is 12.7 Å². The molecule has 1 rings (SSSR count). The molecule has 1 aromatic carbocycles. The molecule has 0 atom stereocenters. The number of ether oxygens (including phenoxy) is 1. The summed E-state index contributed by atoms with van der Waals surface area (Å²) in [5.41, 5.74) is 10.4. The second kappa shape index (κ2) is 4.95. The fraction of sp³-hybridized carbons (Fsp3) is 0.333. The van der Waals surface area contributed by atoms with Gasteiger partial charge in [-0.3, -0.25) is 9.59 Å². The van der Waals surface area contributed by atoms with Crippen LogP contribution in [0.4, 0.5) is 5.69 Å². The Morgan fingerprint density at radius 3 is 2.44 bits per heavy atom. The SMILES string of the molecule is COc1cc(N)ccc1C(=O)NC(C)(C)C(N)=O. The summed E-state index contributed by atoms with van der Waals surface area (Å²) in [4.78, 5) is 23.2. The fourth-order valence-electron chi connectivity index (χ4n) is 1.31. The smallest absolute Gasteiger partial charge is 0.255 e. The van der Waals surface area contributed by atoms with Crippen LogP contribution in [0.1, 0.15) is 24.2 Å². The lowest BCUT2D eigenvalue weighted by molar-refractivity contribution is -0.122. The van der Waals surface area contributed by atoms with Gasteiger partial charge in [0, 0.05) is 11.8 Å². The molecule has 6 nitrogen and oxygen atoms in total. The van der Waals surface area contributed by atoms with Crippen molar-refractivity contribution in [3.05, 3.63) is 23.8 Å². The van der Waals surface area contributed by atoms with E-state index in [0.29, 0.717) is 17.0 Å². The van der Waals surface area contributed by atoms with Crippen LogP contribution in [-0.2, 0) is 4.79 Å². The molecule has 0 radical (unpaired) electrons. The van der Waals surface area contributed by atoms with Crippen molar-refractivity contribution < 1.29 is 14.3 Å². The lowest BCUT2D eigenvalue weighted by Crippen LogP contribution is -2.53. The maximum absolute atomic E-state index is 12.0. The minimum absolute atomic E-state index is 0.293. The largest absolute Gasteiger partial charge is 0.496 e. The molecule has 0 saturated carbocycles. The van der Waals surface area contributed by atoms with Crippen molar-refractivity contribution >= 4 is 17.5 Å². The predicted molar refractivity (Wildman–Crippen MR) is 68.1 cm³/mol. The van der Waals surface area contributed by atoms with Gasteiger partial charge < -0.3 is 21.5 Å². The van der Waals surface area contributed by atoms with E-state index < -0.39 is 17.4 Å². The number of nitrogen functional groups attached to an aromatic ring is 1. The Labute approximate surface area is 105 Å². The van der Waals surface area contributed by atoms with E-state index in [0.717, 1.165) is 0 Å². The van der Waals surface area contributed by atoms with Crippen LogP contribution in [0.2, 0.25) is 0 Å². The number of rotatable bonds is 4. The molecule has 2 amide bonds. The topological polar surface area (TPSA) is 107 Å². The van der Waals surface area contributed by atoms with Gasteiger partial charge in [0.25, 0.3) is 5.91 Å². The summed E-state index contributed by atoms with van der Waals surface area (Å²) in [6.07, 6.45) is 0. The van der Waals surface area contributed by atoms with E-state index in [4.69, 9.17) is 16.2 Å². The van der Waals surface area contributed by atoms with Crippen LogP contribution in [0.15, 0.2) is 18.2 Å². The van der Waals surface area contributed by atoms with Crippen LogP contribution in [0.5, 0.6) is 5.75 Å². The Hall–Kier alpha value is -2.24. The van der Waals surface area contributed by atoms with Crippen molar-refractivity contribution in [1.82, 2.24) is 5.32 Å². The zero-order valence-electron chi connectivity index (χ0n) is 10.6. The Morgan fingerprint density at radius 2 is 1.94 bits per heavy atom. The van der Waals surface area contributed by atoms with Gasteiger partial charge in [-0.05, 0) is 26.0 Å². The van der Waals surface area contributed by atoms with Gasteiger partial charge >= 0.3 is 0 Å². The van der Waals surface area contributed by atoms with Crippen LogP contribution >= 0.6 is 0 Å². The number of nitrogens with two attached hydrogens (primary N) is 2. The lowest BCUT2D eigenvalue weighted by atomic mass is 10.0. The van der Waals surface area contributed by atoms with Crippen LogP contribution in [0.3, 0.4) is 0 Å². The van der Waals surface area contributed by atoms with E-state index in [-0.39, 0.29) is 0 Å². The van der Waals surface area contributed by atoms with Crippen LogP contribution in [0.25, 0.3) is 0 Å². The van der Waals surface area contributed by atoms with Crippen molar-refractivity contribution in [2.24, 2.45) is 5.73 Å². The summed E-state index contributed by atoms with van der Waals surface area (Å²) in [7, 11) is 1.44. The van der Waals surface area contributed by atoms with Gasteiger partial charge in [-0.1, -0.05) is 0 Å². The third kappa shape index (κ3) is 2.91. The van der Waals surface area contributed by atoms with Gasteiger partial charge in [0.1, 0.15) is 11.3 Å². The van der Waals surface area contributed by atoms with Crippen molar-refractivity contribution in [2.75, 3.05) is 12.8 Å². The molecule has 18 heavy (non-hydrogen) atoms. The maximum atomic E-state index is 12.0. The molecule has 0 saturated heterocycles. The van der Waals surface area contributed by atoms with E-state index in [1.165, 1.54) is 33.1 Å². The average Bonchev–Trinajstić information content (AvgIpc) is 2.27. The molecule has 0 heterocycles. The summed E-state index contributed by atoms with van der Waals surface area (Å²) in [5, 5.41) is 2.53. The highest BCUT2D eigenvalue weighted by atomic mass is 16.5. The second-order valence-electron chi connectivity index (χ2n) is 4.40. The van der Waals surface area contributed by atoms with E-state index in [1.807, 2.05) is 0 Å². The zero-order valence-corrected chi connectivity index (χ0v) is 10.6. The molecule has 0 spiro atoms. The highest BCUT2D eigenvalue weighted by molar-refractivity contribution is 6.00. The standard InChI is InChI=1S/C12H17N3O3/c1-12(2,11(14)17)15-10(16)8-5-4-7(13)6-9(8)18-3/h4-6H,13H2,1-3H3,(H2,14,17)(H,15,16). The molecule has 0 aromatic heterocycles. The number of nitrogens with one attached hydrogen (secondary N) is 1. The first-order valence-electron chi connectivity index (χ1n) is 5.34. The molecule has 5 N–H and O–H groups in total. The van der Waals surface area contributed by atoms with Crippen molar-refractivity contribution in [1.29, 1.82) is 0 Å². The molecule has 0 bridgehead atoms. The van der Waals surface area contributed by atoms with Gasteiger partial charge in [0.15, 0.2) is 0 Å².